The molecule has 2 saturated carbocycles. The summed E-state index contributed by atoms with van der Waals surface area (Å²) in [4.78, 5) is 35.5. The minimum atomic E-state index is -1.01. The number of carbonyl (C=O) groups is 2. The molecule has 16 heteroatoms. The highest BCUT2D eigenvalue weighted by atomic mass is 35.5. The lowest BCUT2D eigenvalue weighted by Crippen LogP contribution is -2.57. The molecule has 15 nitrogen and oxygen atoms in total. The molecule has 5 N–H and O–H groups in total. The van der Waals surface area contributed by atoms with E-state index >= 15 is 0 Å². The second-order valence-corrected chi connectivity index (χ2v) is 11.2. The minimum Gasteiger partial charge on any atom is -0.457 e. The van der Waals surface area contributed by atoms with Crippen LogP contribution < -0.4 is 26.6 Å². The molecule has 3 aromatic rings. The van der Waals surface area contributed by atoms with Crippen LogP contribution in [0.2, 0.25) is 5.02 Å². The SMILES string of the molecule is C.COC(=O)N[C@@H]1CCN(c2cc(C#N)cc(Nc3nc(NC4CC4)c4ncc(C#N)n4n3)c2Cl)C[C@H]1OC(=O)C1(N)CC1. The molecule has 0 spiro atoms. The smallest absolute Gasteiger partial charge is 0.407 e. The Balaban J connectivity index is 0.00000384. The van der Waals surface area contributed by atoms with Crippen LogP contribution >= 0.6 is 11.6 Å². The molecular weight excluding hydrogens is 590 g/mol. The van der Waals surface area contributed by atoms with Gasteiger partial charge in [-0.25, -0.2) is 9.78 Å². The second-order valence-electron chi connectivity index (χ2n) is 10.9. The number of nitrogens with two attached hydrogens (primary N) is 1. The maximum Gasteiger partial charge on any atom is 0.407 e. The van der Waals surface area contributed by atoms with Crippen molar-refractivity contribution in [2.45, 2.75) is 63.3 Å². The van der Waals surface area contributed by atoms with Gasteiger partial charge in [0.05, 0.1) is 53.9 Å². The van der Waals surface area contributed by atoms with Gasteiger partial charge < -0.3 is 36.1 Å². The number of hydrogen-bond acceptors (Lipinski definition) is 13. The van der Waals surface area contributed by atoms with E-state index in [4.69, 9.17) is 26.8 Å². The Morgan fingerprint density at radius 2 is 1.98 bits per heavy atom. The van der Waals surface area contributed by atoms with Crippen LogP contribution in [0, 0.1) is 22.7 Å². The molecule has 0 bridgehead atoms. The average Bonchev–Trinajstić information content (AvgIpc) is 3.93. The number of methoxy groups -OCH3 is 1. The number of carbonyl (C=O) groups excluding carboxylic acids is 2. The van der Waals surface area contributed by atoms with Gasteiger partial charge in [0.2, 0.25) is 5.95 Å². The lowest BCUT2D eigenvalue weighted by Gasteiger charge is -2.40. The van der Waals surface area contributed by atoms with Crippen molar-refractivity contribution in [3.8, 4) is 12.1 Å². The molecule has 1 aliphatic heterocycles. The van der Waals surface area contributed by atoms with E-state index in [9.17, 15) is 20.1 Å². The molecule has 3 heterocycles. The number of amides is 1. The van der Waals surface area contributed by atoms with E-state index in [0.29, 0.717) is 54.2 Å². The van der Waals surface area contributed by atoms with E-state index in [2.05, 4.69) is 43.2 Å². The van der Waals surface area contributed by atoms with Crippen molar-refractivity contribution in [1.29, 1.82) is 10.5 Å². The third-order valence-electron chi connectivity index (χ3n) is 7.67. The van der Waals surface area contributed by atoms with E-state index in [1.54, 1.807) is 12.1 Å². The number of fused-ring (bicyclic) bond motifs is 1. The minimum absolute atomic E-state index is 0. The number of nitriles is 2. The number of rotatable bonds is 8. The number of benzene rings is 1. The first-order valence-corrected chi connectivity index (χ1v) is 14.1. The Morgan fingerprint density at radius 3 is 2.64 bits per heavy atom. The molecule has 1 saturated heterocycles. The molecule has 2 atom stereocenters. The highest BCUT2D eigenvalue weighted by Crippen LogP contribution is 2.39. The number of nitrogens with zero attached hydrogens (tertiary/aromatic N) is 7. The highest BCUT2D eigenvalue weighted by molar-refractivity contribution is 6.36. The lowest BCUT2D eigenvalue weighted by molar-refractivity contribution is -0.153. The fourth-order valence-corrected chi connectivity index (χ4v) is 5.14. The van der Waals surface area contributed by atoms with Crippen LogP contribution in [0.1, 0.15) is 50.8 Å². The largest absolute Gasteiger partial charge is 0.457 e. The van der Waals surface area contributed by atoms with Gasteiger partial charge in [-0.3, -0.25) is 4.79 Å². The number of aromatic nitrogens is 4. The summed E-state index contributed by atoms with van der Waals surface area (Å²) < 4.78 is 11.9. The van der Waals surface area contributed by atoms with Crippen LogP contribution in [0.4, 0.5) is 27.9 Å². The number of alkyl carbamates (subject to hydrolysis) is 1. The fraction of sp³-hybridized carbons (Fsp3) is 0.464. The van der Waals surface area contributed by atoms with Crippen LogP contribution in [-0.2, 0) is 14.3 Å². The number of piperidine rings is 1. The third-order valence-corrected chi connectivity index (χ3v) is 8.06. The van der Waals surface area contributed by atoms with Crippen molar-refractivity contribution < 1.29 is 19.1 Å². The Bertz CT molecular complexity index is 1690. The Morgan fingerprint density at radius 1 is 1.20 bits per heavy atom. The summed E-state index contributed by atoms with van der Waals surface area (Å²) in [6, 6.07) is 7.17. The fourth-order valence-electron chi connectivity index (χ4n) is 4.87. The molecule has 1 amide bonds. The molecule has 0 unspecified atom stereocenters. The summed E-state index contributed by atoms with van der Waals surface area (Å²) in [5, 5.41) is 33.2. The monoisotopic (exact) mass is 621 g/mol. The van der Waals surface area contributed by atoms with Crippen molar-refractivity contribution in [2.75, 3.05) is 35.7 Å². The van der Waals surface area contributed by atoms with Crippen molar-refractivity contribution >= 4 is 52.5 Å². The number of imidazole rings is 1. The number of nitrogens with one attached hydrogen (secondary N) is 3. The molecule has 6 rings (SSSR count). The number of esters is 1. The Labute approximate surface area is 258 Å². The predicted octanol–water partition coefficient (Wildman–Crippen LogP) is 2.81. The zero-order valence-electron chi connectivity index (χ0n) is 23.1. The summed E-state index contributed by atoms with van der Waals surface area (Å²) in [6.07, 6.45) is 3.48. The molecule has 44 heavy (non-hydrogen) atoms. The maximum absolute atomic E-state index is 12.7. The number of hydrogen-bond donors (Lipinski definition) is 4. The van der Waals surface area contributed by atoms with Gasteiger partial charge in [0.15, 0.2) is 17.2 Å². The van der Waals surface area contributed by atoms with Crippen molar-refractivity contribution in [3.63, 3.8) is 0 Å². The van der Waals surface area contributed by atoms with Gasteiger partial charge in [-0.1, -0.05) is 19.0 Å². The van der Waals surface area contributed by atoms with Crippen LogP contribution in [0.15, 0.2) is 18.3 Å². The topological polar surface area (TPSA) is 209 Å². The first-order chi connectivity index (χ1) is 20.7. The predicted molar refractivity (Wildman–Crippen MR) is 161 cm³/mol. The normalized spacial score (nSPS) is 20.0. The highest BCUT2D eigenvalue weighted by Gasteiger charge is 2.49. The standard InChI is InChI=1S/C27H28ClN11O4.CH4/c1-42-26(41)35-17-4-7-38(13-20(17)43-24(40)27(31)5-6-27)19-9-14(10-29)8-18(21(19)28)34-25-36-22(33-15-2-3-15)23-32-12-16(11-30)39(23)37-25;/h8-9,12,15,17,20H,2-7,13,31H2,1H3,(H,35,41)(H2,33,34,36,37);1H4/t17-,20-;/m1./s1. The summed E-state index contributed by atoms with van der Waals surface area (Å²) >= 11 is 6.92. The van der Waals surface area contributed by atoms with E-state index in [-0.39, 0.29) is 36.7 Å². The third kappa shape index (κ3) is 6.10. The van der Waals surface area contributed by atoms with E-state index in [1.807, 2.05) is 4.90 Å². The van der Waals surface area contributed by atoms with Gasteiger partial charge in [-0.15, -0.1) is 5.10 Å². The van der Waals surface area contributed by atoms with Gasteiger partial charge in [0, 0.05) is 12.6 Å². The van der Waals surface area contributed by atoms with Crippen LogP contribution in [0.25, 0.3) is 5.65 Å². The number of ether oxygens (including phenoxy) is 2. The van der Waals surface area contributed by atoms with Gasteiger partial charge in [0.25, 0.3) is 0 Å². The number of halogens is 1. The summed E-state index contributed by atoms with van der Waals surface area (Å²) in [7, 11) is 1.26. The van der Waals surface area contributed by atoms with E-state index in [1.165, 1.54) is 17.8 Å². The average molecular weight is 622 g/mol. The van der Waals surface area contributed by atoms with Crippen molar-refractivity contribution in [3.05, 3.63) is 34.6 Å². The molecule has 3 fully saturated rings. The van der Waals surface area contributed by atoms with E-state index < -0.39 is 29.7 Å². The van der Waals surface area contributed by atoms with Crippen molar-refractivity contribution in [1.82, 2.24) is 24.9 Å². The molecular formula is C28H32ClN11O4. The summed E-state index contributed by atoms with van der Waals surface area (Å²) in [6.45, 7) is 0.589. The van der Waals surface area contributed by atoms with Crippen LogP contribution in [0.5, 0.6) is 0 Å². The molecule has 3 aliphatic rings. The van der Waals surface area contributed by atoms with Gasteiger partial charge in [0.1, 0.15) is 17.7 Å². The van der Waals surface area contributed by atoms with E-state index in [0.717, 1.165) is 12.8 Å². The molecule has 230 valence electrons. The molecule has 0 radical (unpaired) electrons. The van der Waals surface area contributed by atoms with Gasteiger partial charge in [-0.2, -0.15) is 20.0 Å². The Hall–Kier alpha value is -4.86. The molecule has 1 aromatic carbocycles. The van der Waals surface area contributed by atoms with Crippen LogP contribution in [-0.4, -0.2) is 75.6 Å². The molecule has 2 aliphatic carbocycles. The first-order valence-electron chi connectivity index (χ1n) is 13.7. The zero-order valence-corrected chi connectivity index (χ0v) is 23.9. The lowest BCUT2D eigenvalue weighted by atomic mass is 10.00. The quantitative estimate of drug-likeness (QED) is 0.267. The van der Waals surface area contributed by atoms with Crippen LogP contribution in [0.3, 0.4) is 0 Å². The second kappa shape index (κ2) is 12.0. The first kappa shape index (κ1) is 30.6. The summed E-state index contributed by atoms with van der Waals surface area (Å²) in [5.41, 5.74) is 6.87. The maximum atomic E-state index is 12.7. The zero-order chi connectivity index (χ0) is 30.3. The van der Waals surface area contributed by atoms with Crippen molar-refractivity contribution in [2.24, 2.45) is 5.73 Å². The Kier molecular flexibility index (Phi) is 8.36. The van der Waals surface area contributed by atoms with Gasteiger partial charge >= 0.3 is 12.1 Å². The van der Waals surface area contributed by atoms with Gasteiger partial charge in [-0.05, 0) is 44.2 Å². The number of anilines is 4. The molecule has 2 aromatic heterocycles. The summed E-state index contributed by atoms with van der Waals surface area (Å²) in [5.74, 6) is 0.0700.